The Morgan fingerprint density at radius 3 is 2.73 bits per heavy atom. The van der Waals surface area contributed by atoms with Gasteiger partial charge in [-0.1, -0.05) is 18.2 Å². The Kier molecular flexibility index (Phi) is 8.67. The number of aliphatic hydroxyl groups excluding tert-OH is 1. The van der Waals surface area contributed by atoms with Gasteiger partial charge in [-0.2, -0.15) is 10.5 Å². The van der Waals surface area contributed by atoms with Gasteiger partial charge in [-0.05, 0) is 18.9 Å². The van der Waals surface area contributed by atoms with Crippen LogP contribution in [-0.4, -0.2) is 36.8 Å². The maximum Gasteiger partial charge on any atom is 0.123 e. The lowest BCUT2D eigenvalue weighted by Gasteiger charge is -2.25. The maximum absolute atomic E-state index is 9.23. The molecule has 1 aromatic rings. The van der Waals surface area contributed by atoms with Gasteiger partial charge in [0.15, 0.2) is 0 Å². The number of benzene rings is 1. The van der Waals surface area contributed by atoms with Gasteiger partial charge in [0, 0.05) is 38.2 Å². The van der Waals surface area contributed by atoms with Gasteiger partial charge < -0.3 is 9.84 Å². The normalized spacial score (nSPS) is 11.7. The minimum absolute atomic E-state index is 0.123. The van der Waals surface area contributed by atoms with Gasteiger partial charge >= 0.3 is 0 Å². The van der Waals surface area contributed by atoms with Crippen LogP contribution in [0.3, 0.4) is 0 Å². The van der Waals surface area contributed by atoms with Crippen molar-refractivity contribution in [2.24, 2.45) is 5.92 Å². The van der Waals surface area contributed by atoms with E-state index in [-0.39, 0.29) is 12.5 Å². The summed E-state index contributed by atoms with van der Waals surface area (Å²) in [7, 11) is 1.64. The van der Waals surface area contributed by atoms with Gasteiger partial charge in [-0.15, -0.1) is 0 Å². The number of hydrogen-bond donors (Lipinski definition) is 1. The summed E-state index contributed by atoms with van der Waals surface area (Å²) in [6.45, 7) is 2.09. The van der Waals surface area contributed by atoms with E-state index in [9.17, 15) is 5.26 Å². The van der Waals surface area contributed by atoms with Gasteiger partial charge in [0.1, 0.15) is 5.75 Å². The molecule has 118 valence electrons. The summed E-state index contributed by atoms with van der Waals surface area (Å²) in [6.07, 6.45) is 1.63. The summed E-state index contributed by atoms with van der Waals surface area (Å²) in [5.74, 6) is 0.648. The molecular formula is C17H23N3O2. The number of ether oxygens (including phenoxy) is 1. The standard InChI is InChI=1S/C17H23N3O2/c1-22-17-8-3-2-7-16(17)14-20(10-5-11-21)13-15(12-19)6-4-9-18/h2-3,7-8,15,21H,4-6,10-11,13-14H2,1H3. The number of nitriles is 2. The lowest BCUT2D eigenvalue weighted by Crippen LogP contribution is -2.30. The molecule has 0 radical (unpaired) electrons. The Hall–Kier alpha value is -2.08. The largest absolute Gasteiger partial charge is 0.496 e. The van der Waals surface area contributed by atoms with Crippen molar-refractivity contribution >= 4 is 0 Å². The van der Waals surface area contributed by atoms with Crippen LogP contribution in [0, 0.1) is 28.6 Å². The van der Waals surface area contributed by atoms with E-state index in [1.54, 1.807) is 7.11 Å². The SMILES string of the molecule is COc1ccccc1CN(CCCO)CC(C#N)CCC#N. The van der Waals surface area contributed by atoms with E-state index in [1.165, 1.54) is 0 Å². The Morgan fingerprint density at radius 2 is 2.09 bits per heavy atom. The highest BCUT2D eigenvalue weighted by molar-refractivity contribution is 5.33. The molecule has 0 aromatic heterocycles. The van der Waals surface area contributed by atoms with Crippen molar-refractivity contribution in [1.82, 2.24) is 4.90 Å². The summed E-state index contributed by atoms with van der Waals surface area (Å²) in [5, 5.41) is 27.0. The van der Waals surface area contributed by atoms with Crippen LogP contribution in [0.1, 0.15) is 24.8 Å². The third-order valence-electron chi connectivity index (χ3n) is 3.48. The molecule has 0 saturated heterocycles. The summed E-state index contributed by atoms with van der Waals surface area (Å²) in [6, 6.07) is 12.2. The molecule has 0 spiro atoms. The van der Waals surface area contributed by atoms with E-state index in [4.69, 9.17) is 15.1 Å². The Balaban J connectivity index is 2.75. The van der Waals surface area contributed by atoms with Crippen LogP contribution in [0.5, 0.6) is 5.75 Å². The molecule has 0 aliphatic rings. The van der Waals surface area contributed by atoms with Crippen molar-refractivity contribution in [2.45, 2.75) is 25.8 Å². The zero-order valence-corrected chi connectivity index (χ0v) is 13.0. The Labute approximate surface area is 132 Å². The fourth-order valence-corrected chi connectivity index (χ4v) is 2.35. The lowest BCUT2D eigenvalue weighted by molar-refractivity contribution is 0.201. The summed E-state index contributed by atoms with van der Waals surface area (Å²) >= 11 is 0. The predicted octanol–water partition coefficient (Wildman–Crippen LogP) is 2.32. The first-order chi connectivity index (χ1) is 10.7. The molecule has 22 heavy (non-hydrogen) atoms. The molecule has 1 atom stereocenters. The van der Waals surface area contributed by atoms with E-state index in [1.807, 2.05) is 24.3 Å². The smallest absolute Gasteiger partial charge is 0.123 e. The second-order valence-electron chi connectivity index (χ2n) is 5.15. The van der Waals surface area contributed by atoms with Crippen LogP contribution in [0.4, 0.5) is 0 Å². The summed E-state index contributed by atoms with van der Waals surface area (Å²) in [5.41, 5.74) is 1.06. The van der Waals surface area contributed by atoms with Crippen LogP contribution in [0.15, 0.2) is 24.3 Å². The predicted molar refractivity (Wildman–Crippen MR) is 83.9 cm³/mol. The molecule has 0 heterocycles. The molecular weight excluding hydrogens is 278 g/mol. The summed E-state index contributed by atoms with van der Waals surface area (Å²) in [4.78, 5) is 2.14. The van der Waals surface area contributed by atoms with Gasteiger partial charge in [0.05, 0.1) is 25.2 Å². The zero-order chi connectivity index (χ0) is 16.2. The Bertz CT molecular complexity index is 519. The Morgan fingerprint density at radius 1 is 1.32 bits per heavy atom. The molecule has 0 amide bonds. The number of aliphatic hydroxyl groups is 1. The first kappa shape index (κ1) is 18.0. The average molecular weight is 301 g/mol. The lowest BCUT2D eigenvalue weighted by atomic mass is 10.0. The number of methoxy groups -OCH3 is 1. The van der Waals surface area contributed by atoms with E-state index >= 15 is 0 Å². The molecule has 1 aromatic carbocycles. The van der Waals surface area contributed by atoms with Crippen molar-refractivity contribution in [2.75, 3.05) is 26.8 Å². The van der Waals surface area contributed by atoms with Crippen LogP contribution in [0.2, 0.25) is 0 Å². The molecule has 1 rings (SSSR count). The quantitative estimate of drug-likeness (QED) is 0.717. The first-order valence-electron chi connectivity index (χ1n) is 7.46. The maximum atomic E-state index is 9.23. The first-order valence-corrected chi connectivity index (χ1v) is 7.46. The average Bonchev–Trinajstić information content (AvgIpc) is 2.56. The topological polar surface area (TPSA) is 80.3 Å². The second kappa shape index (κ2) is 10.6. The molecule has 0 saturated carbocycles. The van der Waals surface area contributed by atoms with Crippen molar-refractivity contribution < 1.29 is 9.84 Å². The molecule has 0 aliphatic carbocycles. The van der Waals surface area contributed by atoms with Crippen LogP contribution in [-0.2, 0) is 6.54 Å². The third-order valence-corrected chi connectivity index (χ3v) is 3.48. The molecule has 0 aliphatic heterocycles. The second-order valence-corrected chi connectivity index (χ2v) is 5.15. The highest BCUT2D eigenvalue weighted by Crippen LogP contribution is 2.20. The van der Waals surface area contributed by atoms with Crippen molar-refractivity contribution in [1.29, 1.82) is 10.5 Å². The van der Waals surface area contributed by atoms with Crippen LogP contribution < -0.4 is 4.74 Å². The van der Waals surface area contributed by atoms with E-state index in [0.717, 1.165) is 11.3 Å². The molecule has 0 bridgehead atoms. The van der Waals surface area contributed by atoms with Crippen LogP contribution >= 0.6 is 0 Å². The van der Waals surface area contributed by atoms with Gasteiger partial charge in [0.25, 0.3) is 0 Å². The molecule has 1 unspecified atom stereocenters. The van der Waals surface area contributed by atoms with Gasteiger partial charge in [-0.3, -0.25) is 4.90 Å². The molecule has 5 nitrogen and oxygen atoms in total. The van der Waals surface area contributed by atoms with E-state index in [2.05, 4.69) is 17.0 Å². The number of rotatable bonds is 10. The van der Waals surface area contributed by atoms with Gasteiger partial charge in [-0.25, -0.2) is 0 Å². The zero-order valence-electron chi connectivity index (χ0n) is 13.0. The van der Waals surface area contributed by atoms with Crippen molar-refractivity contribution in [3.8, 4) is 17.9 Å². The number of para-hydroxylation sites is 1. The molecule has 5 heteroatoms. The minimum Gasteiger partial charge on any atom is -0.496 e. The minimum atomic E-state index is -0.173. The fraction of sp³-hybridized carbons (Fsp3) is 0.529. The van der Waals surface area contributed by atoms with Crippen molar-refractivity contribution in [3.05, 3.63) is 29.8 Å². The number of nitrogens with zero attached hydrogens (tertiary/aromatic N) is 3. The fourth-order valence-electron chi connectivity index (χ4n) is 2.35. The number of hydrogen-bond acceptors (Lipinski definition) is 5. The molecule has 1 N–H and O–H groups in total. The van der Waals surface area contributed by atoms with Crippen molar-refractivity contribution in [3.63, 3.8) is 0 Å². The monoisotopic (exact) mass is 301 g/mol. The van der Waals surface area contributed by atoms with E-state index < -0.39 is 0 Å². The highest BCUT2D eigenvalue weighted by atomic mass is 16.5. The molecule has 0 fully saturated rings. The van der Waals surface area contributed by atoms with Crippen LogP contribution in [0.25, 0.3) is 0 Å². The summed E-state index contributed by atoms with van der Waals surface area (Å²) < 4.78 is 5.36. The van der Waals surface area contributed by atoms with E-state index in [0.29, 0.717) is 38.9 Å². The third kappa shape index (κ3) is 6.13. The highest BCUT2D eigenvalue weighted by Gasteiger charge is 2.15. The van der Waals surface area contributed by atoms with Gasteiger partial charge in [0.2, 0.25) is 0 Å².